The van der Waals surface area contributed by atoms with E-state index >= 15 is 0 Å². The van der Waals surface area contributed by atoms with Gasteiger partial charge in [0.15, 0.2) is 0 Å². The van der Waals surface area contributed by atoms with Gasteiger partial charge in [-0.15, -0.1) is 0 Å². The Bertz CT molecular complexity index is 1020. The first-order valence-corrected chi connectivity index (χ1v) is 11.9. The van der Waals surface area contributed by atoms with Crippen molar-refractivity contribution in [3.8, 4) is 0 Å². The minimum absolute atomic E-state index is 0.185. The Hall–Kier alpha value is -2.21. The van der Waals surface area contributed by atoms with Gasteiger partial charge in [-0.2, -0.15) is 0 Å². The van der Waals surface area contributed by atoms with E-state index in [1.54, 1.807) is 0 Å². The van der Waals surface area contributed by atoms with E-state index < -0.39 is 7.92 Å². The van der Waals surface area contributed by atoms with Crippen LogP contribution in [0.2, 0.25) is 0 Å². The van der Waals surface area contributed by atoms with Crippen LogP contribution in [0.4, 0.5) is 0 Å². The van der Waals surface area contributed by atoms with Crippen LogP contribution in [0, 0.1) is 0 Å². The monoisotopic (exact) mass is 381 g/mol. The van der Waals surface area contributed by atoms with Crippen LogP contribution >= 0.6 is 7.92 Å². The number of hydrogen-bond donors (Lipinski definition) is 0. The summed E-state index contributed by atoms with van der Waals surface area (Å²) in [6.45, 7) is 4.78. The van der Waals surface area contributed by atoms with Crippen LogP contribution in [0.3, 0.4) is 0 Å². The predicted octanol–water partition coefficient (Wildman–Crippen LogP) is 5.67. The van der Waals surface area contributed by atoms with Gasteiger partial charge in [-0.1, -0.05) is 110 Å². The minimum Gasteiger partial charge on any atom is -0.0926 e. The average Bonchev–Trinajstić information content (AvgIpc) is 2.71. The molecule has 0 fully saturated rings. The second kappa shape index (κ2) is 7.42. The standard InChI is InChI=1S/C25H22PSi/c1-26(2)25(20-12-5-3-6-13-20,21-14-7-4-8-15-21)24-22-16-10-9-11-19(22)17-18-23(24)27/h3-18H,1-2H3. The Morgan fingerprint density at radius 1 is 0.630 bits per heavy atom. The molecule has 0 aromatic heterocycles. The van der Waals surface area contributed by atoms with Crippen molar-refractivity contribution >= 4 is 34.1 Å². The molecule has 131 valence electrons. The van der Waals surface area contributed by atoms with Crippen molar-refractivity contribution in [1.29, 1.82) is 0 Å². The maximum Gasteiger partial charge on any atom is 0.0716 e. The van der Waals surface area contributed by atoms with Crippen LogP contribution in [0.15, 0.2) is 97.1 Å². The lowest BCUT2D eigenvalue weighted by Gasteiger charge is -2.42. The molecule has 0 bridgehead atoms. The lowest BCUT2D eigenvalue weighted by Crippen LogP contribution is -2.33. The second-order valence-electron chi connectivity index (χ2n) is 7.05. The molecule has 4 aromatic rings. The van der Waals surface area contributed by atoms with Gasteiger partial charge >= 0.3 is 0 Å². The lowest BCUT2D eigenvalue weighted by atomic mass is 9.81. The molecule has 0 nitrogen and oxygen atoms in total. The third-order valence-corrected chi connectivity index (χ3v) is 7.84. The highest BCUT2D eigenvalue weighted by Crippen LogP contribution is 2.59. The first kappa shape index (κ1) is 18.2. The fourth-order valence-electron chi connectivity index (χ4n) is 4.22. The van der Waals surface area contributed by atoms with Crippen LogP contribution in [-0.4, -0.2) is 23.6 Å². The van der Waals surface area contributed by atoms with Gasteiger partial charge in [-0.25, -0.2) is 0 Å². The molecule has 0 heterocycles. The molecule has 4 rings (SSSR count). The molecular formula is C25H22PSi. The van der Waals surface area contributed by atoms with E-state index in [1.807, 2.05) is 0 Å². The molecule has 0 unspecified atom stereocenters. The topological polar surface area (TPSA) is 0 Å². The Morgan fingerprint density at radius 3 is 1.70 bits per heavy atom. The SMILES string of the molecule is CP(C)C(c1ccccc1)(c1ccccc1)c1c([Si])ccc2ccccc12. The van der Waals surface area contributed by atoms with Gasteiger partial charge in [0.05, 0.1) is 15.4 Å². The number of rotatable bonds is 4. The summed E-state index contributed by atoms with van der Waals surface area (Å²) in [5.74, 6) is 0. The van der Waals surface area contributed by atoms with Crippen LogP contribution in [0.5, 0.6) is 0 Å². The van der Waals surface area contributed by atoms with Crippen molar-refractivity contribution in [2.75, 3.05) is 13.3 Å². The van der Waals surface area contributed by atoms with Gasteiger partial charge in [-0.05, 0) is 40.8 Å². The van der Waals surface area contributed by atoms with Crippen molar-refractivity contribution in [1.82, 2.24) is 0 Å². The first-order valence-electron chi connectivity index (χ1n) is 9.18. The van der Waals surface area contributed by atoms with Crippen molar-refractivity contribution in [3.05, 3.63) is 114 Å². The number of benzene rings is 4. The summed E-state index contributed by atoms with van der Waals surface area (Å²) in [7, 11) is 3.59. The minimum atomic E-state index is -0.398. The average molecular weight is 382 g/mol. The van der Waals surface area contributed by atoms with E-state index in [2.05, 4.69) is 121 Å². The molecule has 2 heteroatoms. The van der Waals surface area contributed by atoms with E-state index in [1.165, 1.54) is 27.5 Å². The molecule has 0 aliphatic heterocycles. The summed E-state index contributed by atoms with van der Waals surface area (Å²) in [6.07, 6.45) is 0. The van der Waals surface area contributed by atoms with Crippen LogP contribution in [-0.2, 0) is 5.16 Å². The van der Waals surface area contributed by atoms with Gasteiger partial charge in [-0.3, -0.25) is 0 Å². The zero-order valence-electron chi connectivity index (χ0n) is 15.7. The maximum atomic E-state index is 3.99. The molecule has 0 aliphatic rings. The normalized spacial score (nSPS) is 11.9. The smallest absolute Gasteiger partial charge is 0.0716 e. The highest BCUT2D eigenvalue weighted by atomic mass is 31.1. The third kappa shape index (κ3) is 2.96. The summed E-state index contributed by atoms with van der Waals surface area (Å²) >= 11 is 0. The van der Waals surface area contributed by atoms with Crippen molar-refractivity contribution in [2.24, 2.45) is 0 Å². The molecule has 27 heavy (non-hydrogen) atoms. The van der Waals surface area contributed by atoms with Gasteiger partial charge < -0.3 is 0 Å². The van der Waals surface area contributed by atoms with Gasteiger partial charge in [0, 0.05) is 0 Å². The fraction of sp³-hybridized carbons (Fsp3) is 0.120. The molecule has 0 saturated carbocycles. The summed E-state index contributed by atoms with van der Waals surface area (Å²) < 4.78 is 0. The summed E-state index contributed by atoms with van der Waals surface area (Å²) in [5, 5.41) is 3.57. The van der Waals surface area contributed by atoms with E-state index in [-0.39, 0.29) is 5.16 Å². The van der Waals surface area contributed by atoms with Gasteiger partial charge in [0.25, 0.3) is 0 Å². The predicted molar refractivity (Wildman–Crippen MR) is 121 cm³/mol. The van der Waals surface area contributed by atoms with Crippen LogP contribution in [0.25, 0.3) is 10.8 Å². The van der Waals surface area contributed by atoms with Crippen LogP contribution in [0.1, 0.15) is 16.7 Å². The molecule has 0 saturated heterocycles. The zero-order valence-corrected chi connectivity index (χ0v) is 17.6. The third-order valence-electron chi connectivity index (χ3n) is 5.34. The summed E-state index contributed by atoms with van der Waals surface area (Å²) in [4.78, 5) is 0. The fourth-order valence-corrected chi connectivity index (χ4v) is 6.75. The lowest BCUT2D eigenvalue weighted by molar-refractivity contribution is 0.896. The molecule has 0 N–H and O–H groups in total. The van der Waals surface area contributed by atoms with Crippen molar-refractivity contribution in [2.45, 2.75) is 5.16 Å². The molecule has 0 aliphatic carbocycles. The van der Waals surface area contributed by atoms with Crippen molar-refractivity contribution < 1.29 is 0 Å². The molecule has 0 atom stereocenters. The zero-order chi connectivity index (χ0) is 18.9. The molecule has 4 aromatic carbocycles. The molecule has 3 radical (unpaired) electrons. The van der Waals surface area contributed by atoms with E-state index in [0.717, 1.165) is 5.19 Å². The molecular weight excluding hydrogens is 359 g/mol. The van der Waals surface area contributed by atoms with Gasteiger partial charge in [0.2, 0.25) is 0 Å². The molecule has 0 spiro atoms. The first-order chi connectivity index (χ1) is 13.2. The Balaban J connectivity index is 2.20. The molecule has 0 amide bonds. The summed E-state index contributed by atoms with van der Waals surface area (Å²) in [5.41, 5.74) is 4.07. The highest BCUT2D eigenvalue weighted by molar-refractivity contribution is 7.58. The van der Waals surface area contributed by atoms with Crippen LogP contribution < -0.4 is 5.19 Å². The van der Waals surface area contributed by atoms with Gasteiger partial charge in [0.1, 0.15) is 0 Å². The Morgan fingerprint density at radius 2 is 1.15 bits per heavy atom. The highest BCUT2D eigenvalue weighted by Gasteiger charge is 2.41. The largest absolute Gasteiger partial charge is 0.0926 e. The maximum absolute atomic E-state index is 3.99. The summed E-state index contributed by atoms with van der Waals surface area (Å²) in [6, 6.07) is 35.1. The number of fused-ring (bicyclic) bond motifs is 1. The van der Waals surface area contributed by atoms with E-state index in [0.29, 0.717) is 0 Å². The second-order valence-corrected chi connectivity index (χ2v) is 10.0. The van der Waals surface area contributed by atoms with E-state index in [4.69, 9.17) is 0 Å². The number of hydrogen-bond acceptors (Lipinski definition) is 0. The van der Waals surface area contributed by atoms with E-state index in [9.17, 15) is 0 Å². The van der Waals surface area contributed by atoms with Crippen molar-refractivity contribution in [3.63, 3.8) is 0 Å². The Kier molecular flexibility index (Phi) is 4.99. The quantitative estimate of drug-likeness (QED) is 0.243. The Labute approximate surface area is 166 Å².